The summed E-state index contributed by atoms with van der Waals surface area (Å²) < 4.78 is 73.4. The van der Waals surface area contributed by atoms with Gasteiger partial charge in [-0.05, 0) is 12.5 Å². The molecular formula is C18H20FN2O9P. The highest BCUT2D eigenvalue weighted by Crippen LogP contribution is 2.56. The van der Waals surface area contributed by atoms with Crippen molar-refractivity contribution in [3.05, 3.63) is 61.9 Å². The number of aryl methyl sites for hydroxylation is 1. The number of halogens is 1. The Balaban J connectivity index is 1.65. The smallest absolute Gasteiger partial charge is 0.403 e. The summed E-state index contributed by atoms with van der Waals surface area (Å²) in [5, 5.41) is 19.6. The zero-order chi connectivity index (χ0) is 25.1. The molecule has 1 unspecified atom stereocenters. The number of phosphoric acid groups is 1. The molecule has 4 rings (SSSR count). The summed E-state index contributed by atoms with van der Waals surface area (Å²) in [6.45, 7) is -3.12. The highest BCUT2D eigenvalue weighted by molar-refractivity contribution is 7.49. The van der Waals surface area contributed by atoms with E-state index in [1.54, 1.807) is 30.1 Å². The van der Waals surface area contributed by atoms with E-state index in [1.165, 1.54) is 0 Å². The van der Waals surface area contributed by atoms with Crippen molar-refractivity contribution in [3.63, 3.8) is 0 Å². The van der Waals surface area contributed by atoms with Gasteiger partial charge in [0.05, 0.1) is 22.9 Å². The predicted molar refractivity (Wildman–Crippen MR) is 102 cm³/mol. The first-order chi connectivity index (χ1) is 15.7. The standard InChI is InChI=1S/C18H20FN2O9P/c1-10-3-2-4-11-8-27-31(26,30-14(10)11)28-9-18(19)5-13(23)16(29-18)21-6-12(7-22)15(24)20-17(21)25/h2-4,6,13,16,22-23H,5,7-9H2,1H3,(H,20,24,25)/t13-,16-,18+,31?/m1/s1/i9D2,16D. The second kappa shape index (κ2) is 7.97. The molecule has 3 heterocycles. The molecule has 1 aromatic heterocycles. The molecule has 0 radical (unpaired) electrons. The molecule has 1 aromatic carbocycles. The summed E-state index contributed by atoms with van der Waals surface area (Å²) in [6.07, 6.45) is -5.71. The summed E-state index contributed by atoms with van der Waals surface area (Å²) in [6, 6.07) is 4.94. The van der Waals surface area contributed by atoms with E-state index in [4.69, 9.17) is 22.4 Å². The van der Waals surface area contributed by atoms with Gasteiger partial charge in [0.15, 0.2) is 6.20 Å². The lowest BCUT2D eigenvalue weighted by Gasteiger charge is -2.28. The fraction of sp³-hybridized carbons (Fsp3) is 0.444. The zero-order valence-corrected chi connectivity index (χ0v) is 16.9. The van der Waals surface area contributed by atoms with Gasteiger partial charge in [-0.25, -0.2) is 13.8 Å². The Morgan fingerprint density at radius 3 is 3.03 bits per heavy atom. The number of aromatic nitrogens is 2. The molecule has 3 N–H and O–H groups in total. The van der Waals surface area contributed by atoms with Crippen LogP contribution >= 0.6 is 7.82 Å². The molecule has 2 aromatic rings. The summed E-state index contributed by atoms with van der Waals surface area (Å²) in [5.74, 6) is -3.52. The van der Waals surface area contributed by atoms with Gasteiger partial charge in [-0.1, -0.05) is 18.2 Å². The van der Waals surface area contributed by atoms with E-state index >= 15 is 4.39 Å². The number of rotatable bonds is 5. The van der Waals surface area contributed by atoms with Crippen LogP contribution in [-0.2, 0) is 31.6 Å². The lowest BCUT2D eigenvalue weighted by molar-refractivity contribution is -0.179. The molecule has 2 aliphatic rings. The predicted octanol–water partition coefficient (Wildman–Crippen LogP) is 1.02. The van der Waals surface area contributed by atoms with Gasteiger partial charge in [-0.2, -0.15) is 0 Å². The van der Waals surface area contributed by atoms with Crippen LogP contribution in [0.2, 0.25) is 0 Å². The Bertz CT molecular complexity index is 1300. The van der Waals surface area contributed by atoms with Crippen LogP contribution < -0.4 is 15.8 Å². The van der Waals surface area contributed by atoms with Crippen molar-refractivity contribution in [3.8, 4) is 5.75 Å². The molecule has 4 atom stereocenters. The Hall–Kier alpha value is -2.34. The molecule has 1 saturated heterocycles. The Morgan fingerprint density at radius 2 is 2.29 bits per heavy atom. The molecule has 0 spiro atoms. The maximum Gasteiger partial charge on any atom is 0.530 e. The average molecular weight is 461 g/mol. The quantitative estimate of drug-likeness (QED) is 0.555. The third kappa shape index (κ3) is 4.22. The lowest BCUT2D eigenvalue weighted by atomic mass is 10.1. The number of aliphatic hydroxyl groups excluding tert-OH is 2. The molecule has 0 amide bonds. The fourth-order valence-corrected chi connectivity index (χ4v) is 4.26. The number of nitrogens with one attached hydrogen (secondary N) is 1. The number of alkyl halides is 1. The van der Waals surface area contributed by atoms with E-state index in [0.717, 1.165) is 0 Å². The molecular weight excluding hydrogens is 438 g/mol. The monoisotopic (exact) mass is 461 g/mol. The first kappa shape index (κ1) is 18.3. The zero-order valence-electron chi connectivity index (χ0n) is 19.0. The average Bonchev–Trinajstić information content (AvgIpc) is 2.98. The van der Waals surface area contributed by atoms with Gasteiger partial charge in [0.2, 0.25) is 5.85 Å². The summed E-state index contributed by atoms with van der Waals surface area (Å²) >= 11 is 0. The van der Waals surface area contributed by atoms with Crippen LogP contribution in [0.3, 0.4) is 0 Å². The van der Waals surface area contributed by atoms with Gasteiger partial charge >= 0.3 is 13.5 Å². The molecule has 11 nitrogen and oxygen atoms in total. The first-order valence-corrected chi connectivity index (χ1v) is 10.5. The summed E-state index contributed by atoms with van der Waals surface area (Å²) in [4.78, 5) is 25.7. The Kier molecular flexibility index (Phi) is 4.69. The van der Waals surface area contributed by atoms with Crippen LogP contribution in [-0.4, -0.2) is 38.3 Å². The van der Waals surface area contributed by atoms with Crippen molar-refractivity contribution in [2.24, 2.45) is 0 Å². The molecule has 0 aliphatic carbocycles. The number of phosphoric ester groups is 1. The topological polar surface area (TPSA) is 149 Å². The number of para-hydroxylation sites is 1. The SMILES string of the molecule is [2H]C([2H])(OP1(=O)OCc2cccc(C)c2O1)[C@]1(F)C[C@@H](O)[C@]([2H])(n2cc(CO)c(=O)[nH]c2=O)O1. The van der Waals surface area contributed by atoms with Gasteiger partial charge in [0.25, 0.3) is 5.56 Å². The molecule has 13 heteroatoms. The number of hydrogen-bond donors (Lipinski definition) is 3. The van der Waals surface area contributed by atoms with E-state index in [1.807, 2.05) is 0 Å². The number of nitrogens with zero attached hydrogens (tertiary/aromatic N) is 1. The molecule has 31 heavy (non-hydrogen) atoms. The highest BCUT2D eigenvalue weighted by atomic mass is 31.2. The van der Waals surface area contributed by atoms with Crippen molar-refractivity contribution in [2.45, 2.75) is 44.7 Å². The lowest BCUT2D eigenvalue weighted by Crippen LogP contribution is -2.37. The molecule has 0 saturated carbocycles. The second-order valence-corrected chi connectivity index (χ2v) is 8.42. The molecule has 1 fully saturated rings. The normalized spacial score (nSPS) is 34.3. The number of aromatic amines is 1. The van der Waals surface area contributed by atoms with E-state index in [9.17, 15) is 24.4 Å². The van der Waals surface area contributed by atoms with Crippen LogP contribution in [0.4, 0.5) is 4.39 Å². The van der Waals surface area contributed by atoms with Crippen LogP contribution in [0.5, 0.6) is 5.75 Å². The van der Waals surface area contributed by atoms with Gasteiger partial charge in [0.1, 0.15) is 18.4 Å². The van der Waals surface area contributed by atoms with E-state index < -0.39 is 62.4 Å². The minimum absolute atomic E-state index is 0.110. The summed E-state index contributed by atoms with van der Waals surface area (Å²) in [7, 11) is -4.74. The third-order valence-corrected chi connectivity index (χ3v) is 5.78. The van der Waals surface area contributed by atoms with Crippen LogP contribution in [0.15, 0.2) is 34.0 Å². The fourth-order valence-electron chi connectivity index (χ4n) is 3.08. The largest absolute Gasteiger partial charge is 0.530 e. The van der Waals surface area contributed by atoms with Gasteiger partial charge in [0, 0.05) is 18.2 Å². The molecule has 2 aliphatic heterocycles. The highest BCUT2D eigenvalue weighted by Gasteiger charge is 2.50. The van der Waals surface area contributed by atoms with Gasteiger partial charge < -0.3 is 19.5 Å². The maximum absolute atomic E-state index is 15.7. The number of H-pyrrole nitrogens is 1. The second-order valence-electron chi connectivity index (χ2n) is 6.90. The molecule has 168 valence electrons. The van der Waals surface area contributed by atoms with Gasteiger partial charge in [-0.3, -0.25) is 23.4 Å². The van der Waals surface area contributed by atoms with Crippen LogP contribution in [0, 0.1) is 6.92 Å². The number of fused-ring (bicyclic) bond motifs is 1. The van der Waals surface area contributed by atoms with E-state index in [-0.39, 0.29) is 16.9 Å². The van der Waals surface area contributed by atoms with Crippen molar-refractivity contribution in [2.75, 3.05) is 6.56 Å². The Morgan fingerprint density at radius 1 is 1.52 bits per heavy atom. The van der Waals surface area contributed by atoms with Crippen molar-refractivity contribution >= 4 is 7.82 Å². The van der Waals surface area contributed by atoms with Gasteiger partial charge in [-0.15, -0.1) is 0 Å². The van der Waals surface area contributed by atoms with E-state index in [2.05, 4.69) is 0 Å². The number of benzene rings is 1. The van der Waals surface area contributed by atoms with Crippen molar-refractivity contribution in [1.29, 1.82) is 0 Å². The van der Waals surface area contributed by atoms with Crippen LogP contribution in [0.1, 0.15) is 33.4 Å². The number of ether oxygens (including phenoxy) is 1. The van der Waals surface area contributed by atoms with E-state index in [0.29, 0.717) is 17.3 Å². The minimum Gasteiger partial charge on any atom is -0.403 e. The summed E-state index contributed by atoms with van der Waals surface area (Å²) in [5.41, 5.74) is -1.64. The third-order valence-electron chi connectivity index (χ3n) is 4.62. The molecule has 0 bridgehead atoms. The number of hydrogen-bond acceptors (Lipinski definition) is 9. The number of aliphatic hydroxyl groups is 2. The van der Waals surface area contributed by atoms with Crippen molar-refractivity contribution in [1.82, 2.24) is 9.55 Å². The maximum atomic E-state index is 15.7. The minimum atomic E-state index is -4.74. The Labute approximate surface area is 178 Å². The van der Waals surface area contributed by atoms with Crippen molar-refractivity contribution < 1.29 is 41.6 Å². The van der Waals surface area contributed by atoms with Crippen LogP contribution in [0.25, 0.3) is 0 Å². The first-order valence-electron chi connectivity index (χ1n) is 10.5.